The lowest BCUT2D eigenvalue weighted by Gasteiger charge is -2.34. The van der Waals surface area contributed by atoms with Crippen molar-refractivity contribution in [2.24, 2.45) is 7.05 Å². The van der Waals surface area contributed by atoms with Crippen LogP contribution in [-0.4, -0.2) is 66.8 Å². The molecule has 0 N–H and O–H groups in total. The zero-order valence-electron chi connectivity index (χ0n) is 18.7. The molecular formula is C23H25N7O2S. The number of thiophene rings is 1. The Labute approximate surface area is 195 Å². The molecule has 1 saturated carbocycles. The highest BCUT2D eigenvalue weighted by Crippen LogP contribution is 2.40. The summed E-state index contributed by atoms with van der Waals surface area (Å²) in [5.74, 6) is 1.78. The first-order chi connectivity index (χ1) is 16.1. The van der Waals surface area contributed by atoms with E-state index >= 15 is 0 Å². The van der Waals surface area contributed by atoms with E-state index in [2.05, 4.69) is 20.1 Å². The summed E-state index contributed by atoms with van der Waals surface area (Å²) in [5, 5.41) is 11.5. The second kappa shape index (κ2) is 8.03. The second-order valence-electron chi connectivity index (χ2n) is 8.83. The van der Waals surface area contributed by atoms with E-state index in [0.717, 1.165) is 58.8 Å². The van der Waals surface area contributed by atoms with Crippen LogP contribution in [0.5, 0.6) is 0 Å². The highest BCUT2D eigenvalue weighted by molar-refractivity contribution is 7.13. The van der Waals surface area contributed by atoms with E-state index in [9.17, 15) is 4.79 Å². The monoisotopic (exact) mass is 463 g/mol. The molecule has 4 aromatic rings. The Kier molecular flexibility index (Phi) is 4.99. The molecular weight excluding hydrogens is 438 g/mol. The van der Waals surface area contributed by atoms with Gasteiger partial charge in [-0.2, -0.15) is 10.1 Å². The minimum atomic E-state index is 0.0674. The molecule has 1 aliphatic carbocycles. The molecule has 5 heterocycles. The molecule has 1 amide bonds. The fraction of sp³-hybridized carbons (Fsp3) is 0.435. The van der Waals surface area contributed by atoms with Crippen molar-refractivity contribution >= 4 is 28.3 Å². The zero-order valence-corrected chi connectivity index (χ0v) is 19.5. The lowest BCUT2D eigenvalue weighted by molar-refractivity contribution is 0.0616. The Hall–Kier alpha value is -3.11. The van der Waals surface area contributed by atoms with Crippen LogP contribution >= 0.6 is 11.3 Å². The largest absolute Gasteiger partial charge is 0.338 e. The first-order valence-corrected chi connectivity index (χ1v) is 12.2. The molecule has 10 heteroatoms. The summed E-state index contributed by atoms with van der Waals surface area (Å²) in [7, 11) is 1.90. The van der Waals surface area contributed by atoms with Crippen molar-refractivity contribution in [1.29, 1.82) is 0 Å². The fourth-order valence-corrected chi connectivity index (χ4v) is 5.17. The Morgan fingerprint density at radius 2 is 2.03 bits per heavy atom. The maximum atomic E-state index is 13.6. The van der Waals surface area contributed by atoms with Gasteiger partial charge >= 0.3 is 0 Å². The molecule has 2 fully saturated rings. The number of hydrogen-bond acceptors (Lipinski definition) is 8. The molecule has 6 rings (SSSR count). The van der Waals surface area contributed by atoms with Gasteiger partial charge < -0.3 is 9.42 Å². The summed E-state index contributed by atoms with van der Waals surface area (Å²) in [5.41, 5.74) is 3.41. The number of aromatic nitrogens is 5. The average molecular weight is 464 g/mol. The molecule has 0 spiro atoms. The zero-order chi connectivity index (χ0) is 22.5. The number of fused-ring (bicyclic) bond motifs is 1. The Bertz CT molecular complexity index is 1310. The molecule has 0 bridgehead atoms. The van der Waals surface area contributed by atoms with E-state index in [-0.39, 0.29) is 5.91 Å². The van der Waals surface area contributed by atoms with E-state index in [4.69, 9.17) is 9.51 Å². The summed E-state index contributed by atoms with van der Waals surface area (Å²) in [6.45, 7) is 5.38. The van der Waals surface area contributed by atoms with Gasteiger partial charge in [0.05, 0.1) is 28.1 Å². The van der Waals surface area contributed by atoms with Crippen LogP contribution in [0.2, 0.25) is 0 Å². The highest BCUT2D eigenvalue weighted by Gasteiger charge is 2.31. The van der Waals surface area contributed by atoms with Crippen LogP contribution in [0.15, 0.2) is 28.1 Å². The van der Waals surface area contributed by atoms with Crippen LogP contribution in [0.25, 0.3) is 21.7 Å². The minimum absolute atomic E-state index is 0.0674. The van der Waals surface area contributed by atoms with Crippen molar-refractivity contribution in [3.63, 3.8) is 0 Å². The normalized spacial score (nSPS) is 17.2. The quantitative estimate of drug-likeness (QED) is 0.449. The molecule has 170 valence electrons. The third-order valence-electron chi connectivity index (χ3n) is 6.44. The van der Waals surface area contributed by atoms with Gasteiger partial charge in [-0.05, 0) is 37.3 Å². The predicted octanol–water partition coefficient (Wildman–Crippen LogP) is 3.22. The summed E-state index contributed by atoms with van der Waals surface area (Å²) in [6, 6.07) is 5.97. The Morgan fingerprint density at radius 3 is 2.76 bits per heavy atom. The molecule has 4 aromatic heterocycles. The number of piperazine rings is 1. The van der Waals surface area contributed by atoms with Crippen LogP contribution in [0, 0.1) is 6.92 Å². The molecule has 2 aliphatic rings. The number of amides is 1. The van der Waals surface area contributed by atoms with Crippen LogP contribution < -0.4 is 0 Å². The van der Waals surface area contributed by atoms with Crippen LogP contribution in [0.4, 0.5) is 0 Å². The minimum Gasteiger partial charge on any atom is -0.338 e. The highest BCUT2D eigenvalue weighted by atomic mass is 32.1. The number of carbonyl (C=O) groups excluding carboxylic acids is 1. The van der Waals surface area contributed by atoms with Crippen molar-refractivity contribution in [3.8, 4) is 10.7 Å². The number of aryl methyl sites for hydroxylation is 2. The van der Waals surface area contributed by atoms with Gasteiger partial charge in [0.2, 0.25) is 11.7 Å². The first kappa shape index (κ1) is 20.5. The van der Waals surface area contributed by atoms with Crippen molar-refractivity contribution in [1.82, 2.24) is 34.7 Å². The second-order valence-corrected chi connectivity index (χ2v) is 9.78. The first-order valence-electron chi connectivity index (χ1n) is 11.3. The molecule has 1 aliphatic heterocycles. The van der Waals surface area contributed by atoms with E-state index in [1.807, 2.05) is 42.5 Å². The van der Waals surface area contributed by atoms with Gasteiger partial charge in [-0.15, -0.1) is 11.3 Å². The predicted molar refractivity (Wildman–Crippen MR) is 124 cm³/mol. The molecule has 1 saturated heterocycles. The van der Waals surface area contributed by atoms with E-state index < -0.39 is 0 Å². The molecule has 33 heavy (non-hydrogen) atoms. The van der Waals surface area contributed by atoms with Gasteiger partial charge in [-0.3, -0.25) is 14.4 Å². The maximum Gasteiger partial charge on any atom is 0.254 e. The Morgan fingerprint density at radius 1 is 1.21 bits per heavy atom. The summed E-state index contributed by atoms with van der Waals surface area (Å²) in [4.78, 5) is 28.1. The third kappa shape index (κ3) is 3.83. The standard InChI is InChI=1S/C23H25N7O2S/c1-14-20-16(12-17(15-5-6-15)24-22(20)28(2)26-14)23(31)30-9-7-29(8-10-30)13-19-25-21(27-32-19)18-4-3-11-33-18/h3-4,11-12,15H,5-10,13H2,1-2H3. The number of pyridine rings is 1. The SMILES string of the molecule is Cc1nn(C)c2nc(C3CC3)cc(C(=O)N3CCN(Cc4nc(-c5cccs5)no4)CC3)c12. The Balaban J connectivity index is 1.16. The molecule has 0 unspecified atom stereocenters. The molecule has 0 atom stereocenters. The van der Waals surface area contributed by atoms with Gasteiger partial charge in [0.15, 0.2) is 5.65 Å². The van der Waals surface area contributed by atoms with Gasteiger partial charge in [0.25, 0.3) is 5.91 Å². The number of rotatable bonds is 5. The van der Waals surface area contributed by atoms with Gasteiger partial charge in [0.1, 0.15) is 0 Å². The van der Waals surface area contributed by atoms with E-state index in [1.54, 1.807) is 16.0 Å². The smallest absolute Gasteiger partial charge is 0.254 e. The topological polar surface area (TPSA) is 93.2 Å². The van der Waals surface area contributed by atoms with Crippen molar-refractivity contribution in [3.05, 3.63) is 46.4 Å². The van der Waals surface area contributed by atoms with E-state index in [1.165, 1.54) is 0 Å². The van der Waals surface area contributed by atoms with Crippen molar-refractivity contribution < 1.29 is 9.32 Å². The fourth-order valence-electron chi connectivity index (χ4n) is 4.52. The van der Waals surface area contributed by atoms with E-state index in [0.29, 0.717) is 37.3 Å². The average Bonchev–Trinajstić information content (AvgIpc) is 3.20. The number of hydrogen-bond donors (Lipinski definition) is 0. The van der Waals surface area contributed by atoms with Gasteiger partial charge in [-0.1, -0.05) is 11.2 Å². The van der Waals surface area contributed by atoms with Crippen LogP contribution in [-0.2, 0) is 13.6 Å². The summed E-state index contributed by atoms with van der Waals surface area (Å²) in [6.07, 6.45) is 2.29. The van der Waals surface area contributed by atoms with Crippen LogP contribution in [0.3, 0.4) is 0 Å². The summed E-state index contributed by atoms with van der Waals surface area (Å²) < 4.78 is 7.24. The van der Waals surface area contributed by atoms with Crippen molar-refractivity contribution in [2.75, 3.05) is 26.2 Å². The van der Waals surface area contributed by atoms with Gasteiger partial charge in [-0.25, -0.2) is 4.98 Å². The molecule has 0 radical (unpaired) electrons. The third-order valence-corrected chi connectivity index (χ3v) is 7.31. The maximum absolute atomic E-state index is 13.6. The number of nitrogens with zero attached hydrogens (tertiary/aromatic N) is 7. The van der Waals surface area contributed by atoms with Crippen LogP contribution in [0.1, 0.15) is 46.4 Å². The lowest BCUT2D eigenvalue weighted by Crippen LogP contribution is -2.48. The molecule has 0 aromatic carbocycles. The summed E-state index contributed by atoms with van der Waals surface area (Å²) >= 11 is 1.59. The lowest BCUT2D eigenvalue weighted by atomic mass is 10.1. The van der Waals surface area contributed by atoms with Crippen molar-refractivity contribution in [2.45, 2.75) is 32.2 Å². The van der Waals surface area contributed by atoms with Gasteiger partial charge in [0, 0.05) is 44.8 Å². The number of carbonyl (C=O) groups is 1. The molecule has 9 nitrogen and oxygen atoms in total.